The molecule has 1 unspecified atom stereocenters. The van der Waals surface area contributed by atoms with Crippen molar-refractivity contribution in [2.45, 2.75) is 6.17 Å². The molecule has 2 rings (SSSR count). The standard InChI is InChI=1S/C7H8N4O3S/c1-15-10-3-2-9-6(8-10)4-5(12)7(9)11(13)14/h2-4,7-8H,1H3. The maximum absolute atomic E-state index is 11.3. The van der Waals surface area contributed by atoms with Gasteiger partial charge in [0.2, 0.25) is 0 Å². The lowest BCUT2D eigenvalue weighted by atomic mass is 10.3. The van der Waals surface area contributed by atoms with Crippen molar-refractivity contribution < 1.29 is 9.72 Å². The highest BCUT2D eigenvalue weighted by atomic mass is 32.2. The summed E-state index contributed by atoms with van der Waals surface area (Å²) in [4.78, 5) is 22.7. The molecule has 0 spiro atoms. The molecule has 0 saturated heterocycles. The summed E-state index contributed by atoms with van der Waals surface area (Å²) in [6.07, 6.45) is 4.89. The summed E-state index contributed by atoms with van der Waals surface area (Å²) in [5.41, 5.74) is 2.85. The Morgan fingerprint density at radius 2 is 2.33 bits per heavy atom. The fraction of sp³-hybridized carbons (Fsp3) is 0.286. The molecule has 2 aliphatic rings. The Labute approximate surface area is 89.7 Å². The first kappa shape index (κ1) is 9.84. The lowest BCUT2D eigenvalue weighted by Crippen LogP contribution is -2.44. The topological polar surface area (TPSA) is 78.7 Å². The number of rotatable bonds is 2. The number of hydrogen-bond donors (Lipinski definition) is 1. The maximum atomic E-state index is 11.3. The Kier molecular flexibility index (Phi) is 2.27. The average Bonchev–Trinajstić information content (AvgIpc) is 2.52. The monoisotopic (exact) mass is 228 g/mol. The highest BCUT2D eigenvalue weighted by Crippen LogP contribution is 2.23. The molecule has 80 valence electrons. The van der Waals surface area contributed by atoms with Gasteiger partial charge in [-0.2, -0.15) is 0 Å². The van der Waals surface area contributed by atoms with Crippen LogP contribution in [0, 0.1) is 10.1 Å². The van der Waals surface area contributed by atoms with E-state index < -0.39 is 16.9 Å². The number of ketones is 1. The van der Waals surface area contributed by atoms with Gasteiger partial charge < -0.3 is 0 Å². The molecule has 0 fully saturated rings. The minimum Gasteiger partial charge on any atom is -0.285 e. The van der Waals surface area contributed by atoms with Gasteiger partial charge in [-0.25, -0.2) is 4.41 Å². The number of carbonyl (C=O) groups is 1. The highest BCUT2D eigenvalue weighted by molar-refractivity contribution is 7.96. The molecular weight excluding hydrogens is 220 g/mol. The summed E-state index contributed by atoms with van der Waals surface area (Å²) in [7, 11) is 0. The van der Waals surface area contributed by atoms with E-state index in [-0.39, 0.29) is 0 Å². The number of fused-ring (bicyclic) bond motifs is 1. The molecule has 0 radical (unpaired) electrons. The van der Waals surface area contributed by atoms with Gasteiger partial charge in [0.1, 0.15) is 5.82 Å². The molecule has 7 nitrogen and oxygen atoms in total. The van der Waals surface area contributed by atoms with Crippen LogP contribution >= 0.6 is 11.9 Å². The molecule has 0 amide bonds. The molecule has 1 N–H and O–H groups in total. The molecule has 0 saturated carbocycles. The number of nitro groups is 1. The first-order valence-electron chi connectivity index (χ1n) is 4.09. The normalized spacial score (nSPS) is 23.7. The van der Waals surface area contributed by atoms with E-state index in [0.717, 1.165) is 0 Å². The van der Waals surface area contributed by atoms with Gasteiger partial charge in [0.25, 0.3) is 5.78 Å². The van der Waals surface area contributed by atoms with E-state index in [9.17, 15) is 14.9 Å². The zero-order valence-corrected chi connectivity index (χ0v) is 8.60. The summed E-state index contributed by atoms with van der Waals surface area (Å²) in [5, 5.41) is 10.6. The number of carbonyl (C=O) groups excluding carboxylic acids is 1. The van der Waals surface area contributed by atoms with Gasteiger partial charge in [-0.15, -0.1) is 0 Å². The summed E-state index contributed by atoms with van der Waals surface area (Å²) >= 11 is 1.39. The Bertz CT molecular complexity index is 380. The summed E-state index contributed by atoms with van der Waals surface area (Å²) in [6.45, 7) is 0. The third-order valence-electron chi connectivity index (χ3n) is 2.06. The van der Waals surface area contributed by atoms with Crippen molar-refractivity contribution in [1.82, 2.24) is 14.7 Å². The number of nitrogens with one attached hydrogen (secondary N) is 1. The van der Waals surface area contributed by atoms with Gasteiger partial charge in [-0.3, -0.25) is 25.2 Å². The highest BCUT2D eigenvalue weighted by Gasteiger charge is 2.43. The summed E-state index contributed by atoms with van der Waals surface area (Å²) in [6, 6.07) is 0. The van der Waals surface area contributed by atoms with Crippen LogP contribution in [0.1, 0.15) is 0 Å². The molecule has 0 aliphatic carbocycles. The van der Waals surface area contributed by atoms with Crippen LogP contribution in [-0.2, 0) is 4.79 Å². The molecule has 0 aromatic heterocycles. The van der Waals surface area contributed by atoms with E-state index in [1.165, 1.54) is 29.1 Å². The second kappa shape index (κ2) is 3.46. The third kappa shape index (κ3) is 1.52. The zero-order chi connectivity index (χ0) is 11.0. The zero-order valence-electron chi connectivity index (χ0n) is 7.78. The van der Waals surface area contributed by atoms with Crippen molar-refractivity contribution >= 4 is 17.7 Å². The van der Waals surface area contributed by atoms with E-state index in [2.05, 4.69) is 5.43 Å². The molecule has 0 bridgehead atoms. The van der Waals surface area contributed by atoms with E-state index in [4.69, 9.17) is 0 Å². The van der Waals surface area contributed by atoms with Crippen molar-refractivity contribution in [3.05, 3.63) is 34.4 Å². The Balaban J connectivity index is 2.27. The van der Waals surface area contributed by atoms with E-state index in [1.807, 2.05) is 6.26 Å². The van der Waals surface area contributed by atoms with Crippen LogP contribution in [0.2, 0.25) is 0 Å². The van der Waals surface area contributed by atoms with Crippen LogP contribution in [-0.4, -0.2) is 32.4 Å². The predicted octanol–water partition coefficient (Wildman–Crippen LogP) is -0.115. The second-order valence-electron chi connectivity index (χ2n) is 2.92. The van der Waals surface area contributed by atoms with Crippen molar-refractivity contribution in [3.8, 4) is 0 Å². The van der Waals surface area contributed by atoms with Gasteiger partial charge in [0.15, 0.2) is 0 Å². The van der Waals surface area contributed by atoms with Crippen LogP contribution < -0.4 is 5.43 Å². The molecule has 0 aromatic carbocycles. The minimum absolute atomic E-state index is 0.429. The average molecular weight is 228 g/mol. The Hall–Kier alpha value is -1.70. The van der Waals surface area contributed by atoms with Gasteiger partial charge in [-0.1, -0.05) is 0 Å². The van der Waals surface area contributed by atoms with Gasteiger partial charge >= 0.3 is 6.17 Å². The number of nitrogens with zero attached hydrogens (tertiary/aromatic N) is 3. The quantitative estimate of drug-likeness (QED) is 0.401. The van der Waals surface area contributed by atoms with Crippen LogP contribution in [0.5, 0.6) is 0 Å². The van der Waals surface area contributed by atoms with E-state index >= 15 is 0 Å². The van der Waals surface area contributed by atoms with Crippen molar-refractivity contribution in [2.24, 2.45) is 0 Å². The molecule has 8 heteroatoms. The largest absolute Gasteiger partial charge is 0.354 e. The fourth-order valence-electron chi connectivity index (χ4n) is 1.40. The fourth-order valence-corrected chi connectivity index (χ4v) is 1.76. The molecule has 1 atom stereocenters. The van der Waals surface area contributed by atoms with E-state index in [0.29, 0.717) is 5.82 Å². The summed E-state index contributed by atoms with van der Waals surface area (Å²) in [5.74, 6) is -0.0892. The minimum atomic E-state index is -1.33. The van der Waals surface area contributed by atoms with Crippen LogP contribution in [0.4, 0.5) is 0 Å². The Morgan fingerprint density at radius 1 is 1.60 bits per heavy atom. The van der Waals surface area contributed by atoms with E-state index in [1.54, 1.807) is 10.6 Å². The van der Waals surface area contributed by atoms with Crippen molar-refractivity contribution in [3.63, 3.8) is 0 Å². The van der Waals surface area contributed by atoms with Gasteiger partial charge in [-0.05, 0) is 11.9 Å². The second-order valence-corrected chi connectivity index (χ2v) is 3.68. The van der Waals surface area contributed by atoms with Crippen molar-refractivity contribution in [2.75, 3.05) is 6.26 Å². The molecular formula is C7H8N4O3S. The summed E-state index contributed by atoms with van der Waals surface area (Å²) < 4.78 is 1.65. The smallest absolute Gasteiger partial charge is 0.285 e. The van der Waals surface area contributed by atoms with Gasteiger partial charge in [0, 0.05) is 18.5 Å². The lowest BCUT2D eigenvalue weighted by molar-refractivity contribution is -0.526. The number of hydrogen-bond acceptors (Lipinski definition) is 7. The Morgan fingerprint density at radius 3 is 2.93 bits per heavy atom. The van der Waals surface area contributed by atoms with Gasteiger partial charge in [0.05, 0.1) is 11.1 Å². The first-order valence-corrected chi connectivity index (χ1v) is 5.27. The van der Waals surface area contributed by atoms with Crippen LogP contribution in [0.3, 0.4) is 0 Å². The third-order valence-corrected chi connectivity index (χ3v) is 2.67. The lowest BCUT2D eigenvalue weighted by Gasteiger charge is -2.29. The van der Waals surface area contributed by atoms with Crippen molar-refractivity contribution in [1.29, 1.82) is 0 Å². The molecule has 0 aromatic rings. The molecule has 15 heavy (non-hydrogen) atoms. The molecule has 2 aliphatic heterocycles. The van der Waals surface area contributed by atoms with Crippen LogP contribution in [0.25, 0.3) is 0 Å². The predicted molar refractivity (Wildman–Crippen MR) is 53.3 cm³/mol. The maximum Gasteiger partial charge on any atom is 0.354 e. The first-order chi connectivity index (χ1) is 7.13. The number of hydrazine groups is 1. The SMILES string of the molecule is CSN1C=CN2C(=CC(=O)C2[N+](=O)[O-])N1. The molecule has 2 heterocycles. The van der Waals surface area contributed by atoms with Crippen LogP contribution in [0.15, 0.2) is 24.3 Å².